The van der Waals surface area contributed by atoms with E-state index in [2.05, 4.69) is 73.0 Å². The number of carboxylic acid groups (broad SMARTS) is 2. The van der Waals surface area contributed by atoms with Crippen LogP contribution < -0.4 is 5.32 Å². The maximum Gasteiger partial charge on any atom is 0.328 e. The first-order chi connectivity index (χ1) is 16.4. The molecule has 0 bridgehead atoms. The normalized spacial score (nSPS) is 18.8. The second-order valence-corrected chi connectivity index (χ2v) is 9.87. The molecule has 0 aromatic heterocycles. The van der Waals surface area contributed by atoms with Crippen molar-refractivity contribution in [3.8, 4) is 0 Å². The summed E-state index contributed by atoms with van der Waals surface area (Å²) < 4.78 is 1.13. The molecule has 1 fully saturated rings. The van der Waals surface area contributed by atoms with E-state index in [0.29, 0.717) is 18.2 Å². The van der Waals surface area contributed by atoms with E-state index in [-0.39, 0.29) is 0 Å². The standard InChI is InChI=1S/C23H25N2S.C4H4O4/c1-25(14-12-24-13-15-25)21-16-18-7-3-5-9-22(18)26-23-19-8-4-2-6-17(19)10-11-20(21)23;5-3(6)1-2-4(7)8/h2-11,21,24H,12-16H2,1H3;1-2H,(H,5,6)(H,7,8)/q+1;/b;2-1-. The summed E-state index contributed by atoms with van der Waals surface area (Å²) in [4.78, 5) is 22.0. The SMILES string of the molecule is C[N+]1(C2Cc3ccccc3Sc3c2ccc2ccccc32)CCNCC1.O=C(O)/C=C\C(=O)O. The summed E-state index contributed by atoms with van der Waals surface area (Å²) >= 11 is 1.97. The lowest BCUT2D eigenvalue weighted by Gasteiger charge is -2.44. The van der Waals surface area contributed by atoms with Gasteiger partial charge in [-0.2, -0.15) is 0 Å². The van der Waals surface area contributed by atoms with E-state index >= 15 is 0 Å². The van der Waals surface area contributed by atoms with Gasteiger partial charge < -0.3 is 20.0 Å². The molecule has 34 heavy (non-hydrogen) atoms. The molecule has 2 aliphatic heterocycles. The van der Waals surface area contributed by atoms with Gasteiger partial charge in [-0.05, 0) is 22.4 Å². The second-order valence-electron chi connectivity index (χ2n) is 8.82. The first-order valence-electron chi connectivity index (χ1n) is 11.3. The molecule has 0 aliphatic carbocycles. The van der Waals surface area contributed by atoms with Gasteiger partial charge >= 0.3 is 11.9 Å². The van der Waals surface area contributed by atoms with Crippen molar-refractivity contribution < 1.29 is 24.3 Å². The van der Waals surface area contributed by atoms with E-state index in [1.54, 1.807) is 0 Å². The van der Waals surface area contributed by atoms with Crippen LogP contribution in [0.25, 0.3) is 10.8 Å². The Morgan fingerprint density at radius 2 is 1.59 bits per heavy atom. The van der Waals surface area contributed by atoms with Gasteiger partial charge in [-0.25, -0.2) is 9.59 Å². The zero-order chi connectivity index (χ0) is 24.1. The van der Waals surface area contributed by atoms with Gasteiger partial charge in [0.05, 0.1) is 20.1 Å². The van der Waals surface area contributed by atoms with E-state index in [9.17, 15) is 9.59 Å². The second kappa shape index (κ2) is 10.4. The molecule has 2 aliphatic rings. The molecule has 0 saturated carbocycles. The Morgan fingerprint density at radius 1 is 0.941 bits per heavy atom. The van der Waals surface area contributed by atoms with Crippen molar-refractivity contribution in [2.75, 3.05) is 33.2 Å². The van der Waals surface area contributed by atoms with Crippen molar-refractivity contribution in [2.45, 2.75) is 22.3 Å². The number of hydrogen-bond acceptors (Lipinski definition) is 4. The lowest BCUT2D eigenvalue weighted by molar-refractivity contribution is -0.941. The minimum absolute atomic E-state index is 0.521. The van der Waals surface area contributed by atoms with Gasteiger partial charge in [-0.1, -0.05) is 66.4 Å². The molecule has 3 aromatic rings. The zero-order valence-electron chi connectivity index (χ0n) is 19.1. The maximum absolute atomic E-state index is 9.55. The number of aliphatic carboxylic acids is 2. The Bertz CT molecular complexity index is 1220. The van der Waals surface area contributed by atoms with E-state index in [4.69, 9.17) is 10.2 Å². The fourth-order valence-corrected chi connectivity index (χ4v) is 6.02. The fourth-order valence-electron chi connectivity index (χ4n) is 4.75. The average molecular weight is 478 g/mol. The van der Waals surface area contributed by atoms with Crippen LogP contribution >= 0.6 is 11.8 Å². The zero-order valence-corrected chi connectivity index (χ0v) is 19.9. The van der Waals surface area contributed by atoms with Crippen molar-refractivity contribution in [3.05, 3.63) is 83.9 Å². The Morgan fingerprint density at radius 3 is 2.29 bits per heavy atom. The molecule has 3 N–H and O–H groups in total. The van der Waals surface area contributed by atoms with Gasteiger partial charge in [0.1, 0.15) is 6.04 Å². The molecule has 3 aromatic carbocycles. The number of carboxylic acids is 2. The highest BCUT2D eigenvalue weighted by molar-refractivity contribution is 7.99. The highest BCUT2D eigenvalue weighted by Gasteiger charge is 2.39. The molecule has 0 radical (unpaired) electrons. The van der Waals surface area contributed by atoms with Crippen LogP contribution in [0.4, 0.5) is 0 Å². The minimum Gasteiger partial charge on any atom is -0.478 e. The Labute approximate surface area is 203 Å². The summed E-state index contributed by atoms with van der Waals surface area (Å²) in [7, 11) is 2.46. The van der Waals surface area contributed by atoms with Crippen LogP contribution in [0.1, 0.15) is 17.2 Å². The summed E-state index contributed by atoms with van der Waals surface area (Å²) in [6.45, 7) is 4.63. The molecule has 7 heteroatoms. The molecular formula is C27H29N2O4S+. The van der Waals surface area contributed by atoms with Crippen LogP contribution in [0.3, 0.4) is 0 Å². The molecule has 6 nitrogen and oxygen atoms in total. The largest absolute Gasteiger partial charge is 0.478 e. The number of hydrogen-bond donors (Lipinski definition) is 3. The topological polar surface area (TPSA) is 86.6 Å². The van der Waals surface area contributed by atoms with Crippen LogP contribution in [0.2, 0.25) is 0 Å². The van der Waals surface area contributed by atoms with Crippen molar-refractivity contribution in [1.29, 1.82) is 0 Å². The van der Waals surface area contributed by atoms with E-state index < -0.39 is 11.9 Å². The number of quaternary nitrogens is 1. The lowest BCUT2D eigenvalue weighted by Crippen LogP contribution is -2.58. The van der Waals surface area contributed by atoms with Gasteiger partial charge in [0.15, 0.2) is 0 Å². The number of carbonyl (C=O) groups is 2. The number of piperazine rings is 1. The van der Waals surface area contributed by atoms with Crippen molar-refractivity contribution in [3.63, 3.8) is 0 Å². The van der Waals surface area contributed by atoms with E-state index in [0.717, 1.165) is 24.0 Å². The predicted octanol–water partition coefficient (Wildman–Crippen LogP) is 4.35. The van der Waals surface area contributed by atoms with Gasteiger partial charge in [0, 0.05) is 47.0 Å². The lowest BCUT2D eigenvalue weighted by atomic mass is 9.93. The van der Waals surface area contributed by atoms with Gasteiger partial charge in [-0.15, -0.1) is 0 Å². The molecule has 5 rings (SSSR count). The highest BCUT2D eigenvalue weighted by Crippen LogP contribution is 2.47. The van der Waals surface area contributed by atoms with Gasteiger partial charge in [0.25, 0.3) is 0 Å². The van der Waals surface area contributed by atoms with Crippen molar-refractivity contribution >= 4 is 34.5 Å². The van der Waals surface area contributed by atoms with Crippen LogP contribution in [0.5, 0.6) is 0 Å². The van der Waals surface area contributed by atoms with Gasteiger partial charge in [0.2, 0.25) is 0 Å². The number of likely N-dealkylation sites (N-methyl/N-ethyl adjacent to an activating group) is 1. The van der Waals surface area contributed by atoms with Crippen molar-refractivity contribution in [1.82, 2.24) is 5.32 Å². The Hall–Kier alpha value is -3.13. The third-order valence-electron chi connectivity index (χ3n) is 6.59. The first-order valence-corrected chi connectivity index (χ1v) is 12.2. The number of benzene rings is 3. The molecule has 1 saturated heterocycles. The van der Waals surface area contributed by atoms with Crippen LogP contribution in [-0.4, -0.2) is 59.9 Å². The van der Waals surface area contributed by atoms with Gasteiger partial charge in [-0.3, -0.25) is 0 Å². The van der Waals surface area contributed by atoms with E-state index in [1.165, 1.54) is 44.8 Å². The summed E-state index contributed by atoms with van der Waals surface area (Å²) in [6.07, 6.45) is 2.25. The van der Waals surface area contributed by atoms with Crippen LogP contribution in [-0.2, 0) is 16.0 Å². The molecule has 176 valence electrons. The molecule has 1 atom stereocenters. The summed E-state index contributed by atoms with van der Waals surface area (Å²) in [6, 6.07) is 23.1. The summed E-state index contributed by atoms with van der Waals surface area (Å²) in [5.41, 5.74) is 3.04. The summed E-state index contributed by atoms with van der Waals surface area (Å²) in [5, 5.41) is 21.9. The highest BCUT2D eigenvalue weighted by atomic mass is 32.2. The first kappa shape index (κ1) is 24.0. The van der Waals surface area contributed by atoms with Crippen LogP contribution in [0, 0.1) is 0 Å². The van der Waals surface area contributed by atoms with Crippen molar-refractivity contribution in [2.24, 2.45) is 0 Å². The Balaban J connectivity index is 0.000000297. The smallest absolute Gasteiger partial charge is 0.328 e. The maximum atomic E-state index is 9.55. The molecule has 1 unspecified atom stereocenters. The Kier molecular flexibility index (Phi) is 7.36. The number of nitrogens with zero attached hydrogens (tertiary/aromatic N) is 1. The average Bonchev–Trinajstić information content (AvgIpc) is 3.01. The third-order valence-corrected chi connectivity index (χ3v) is 7.86. The number of rotatable bonds is 3. The third kappa shape index (κ3) is 5.33. The molecule has 2 heterocycles. The van der Waals surface area contributed by atoms with Crippen LogP contribution in [0.15, 0.2) is 82.6 Å². The molecule has 0 amide bonds. The quantitative estimate of drug-likeness (QED) is 0.384. The monoisotopic (exact) mass is 477 g/mol. The minimum atomic E-state index is -1.26. The molecular weight excluding hydrogens is 448 g/mol. The molecule has 0 spiro atoms. The summed E-state index contributed by atoms with van der Waals surface area (Å²) in [5.74, 6) is -2.51. The van der Waals surface area contributed by atoms with E-state index in [1.807, 2.05) is 11.8 Å². The number of nitrogens with one attached hydrogen (secondary N) is 1. The number of fused-ring (bicyclic) bond motifs is 4. The fraction of sp³-hybridized carbons (Fsp3) is 0.259. The predicted molar refractivity (Wildman–Crippen MR) is 134 cm³/mol.